The number of halogens is 1. The van der Waals surface area contributed by atoms with Gasteiger partial charge < -0.3 is 25.0 Å². The number of piperazine rings is 1. The fraction of sp³-hybridized carbons (Fsp3) is 0.708. The molecule has 3 rings (SSSR count). The van der Waals surface area contributed by atoms with Gasteiger partial charge in [-0.15, -0.1) is 24.0 Å². The first kappa shape index (κ1) is 27.0. The summed E-state index contributed by atoms with van der Waals surface area (Å²) in [5.74, 6) is 2.49. The van der Waals surface area contributed by atoms with Crippen LogP contribution in [0.3, 0.4) is 0 Å². The summed E-state index contributed by atoms with van der Waals surface area (Å²) in [6.07, 6.45) is 5.01. The van der Waals surface area contributed by atoms with Gasteiger partial charge in [-0.1, -0.05) is 12.1 Å². The summed E-state index contributed by atoms with van der Waals surface area (Å²) in [6.45, 7) is 11.2. The summed E-state index contributed by atoms with van der Waals surface area (Å²) < 4.78 is 12.0. The van der Waals surface area contributed by atoms with E-state index in [2.05, 4.69) is 47.4 Å². The Morgan fingerprint density at radius 3 is 2.53 bits per heavy atom. The second-order valence-electron chi connectivity index (χ2n) is 8.74. The number of hydrogen-bond acceptors (Lipinski definition) is 5. The van der Waals surface area contributed by atoms with Gasteiger partial charge in [0, 0.05) is 50.9 Å². The van der Waals surface area contributed by atoms with Gasteiger partial charge in [0.25, 0.3) is 0 Å². The van der Waals surface area contributed by atoms with E-state index in [4.69, 9.17) is 14.5 Å². The average Bonchev–Trinajstić information content (AvgIpc) is 3.30. The van der Waals surface area contributed by atoms with Gasteiger partial charge in [0.1, 0.15) is 0 Å². The number of rotatable bonds is 9. The number of hydrogen-bond donors (Lipinski definition) is 2. The van der Waals surface area contributed by atoms with Crippen molar-refractivity contribution in [2.75, 3.05) is 53.4 Å². The monoisotopic (exact) mass is 559 g/mol. The molecular weight excluding hydrogens is 517 g/mol. The molecule has 1 atom stereocenters. The van der Waals surface area contributed by atoms with Crippen LogP contribution in [0.2, 0.25) is 0 Å². The molecule has 32 heavy (non-hydrogen) atoms. The van der Waals surface area contributed by atoms with E-state index in [1.807, 2.05) is 12.1 Å². The Balaban J connectivity index is 0.00000363. The molecule has 2 fully saturated rings. The highest BCUT2D eigenvalue weighted by molar-refractivity contribution is 14.0. The molecule has 1 heterocycles. The van der Waals surface area contributed by atoms with Crippen molar-refractivity contribution in [3.05, 3.63) is 23.8 Å². The van der Waals surface area contributed by atoms with Crippen LogP contribution in [0.4, 0.5) is 0 Å². The zero-order valence-corrected chi connectivity index (χ0v) is 22.6. The van der Waals surface area contributed by atoms with E-state index >= 15 is 0 Å². The number of benzene rings is 1. The van der Waals surface area contributed by atoms with Gasteiger partial charge in [0.15, 0.2) is 17.5 Å². The Kier molecular flexibility index (Phi) is 11.9. The third-order valence-corrected chi connectivity index (χ3v) is 6.34. The lowest BCUT2D eigenvalue weighted by molar-refractivity contribution is 0.120. The highest BCUT2D eigenvalue weighted by Crippen LogP contribution is 2.35. The van der Waals surface area contributed by atoms with Gasteiger partial charge >= 0.3 is 0 Å². The molecule has 7 nitrogen and oxygen atoms in total. The van der Waals surface area contributed by atoms with E-state index in [0.29, 0.717) is 12.6 Å². The molecule has 1 unspecified atom stereocenters. The smallest absolute Gasteiger partial charge is 0.191 e. The van der Waals surface area contributed by atoms with Gasteiger partial charge in [-0.2, -0.15) is 0 Å². The third-order valence-electron chi connectivity index (χ3n) is 6.34. The van der Waals surface area contributed by atoms with Crippen LogP contribution in [0.5, 0.6) is 11.5 Å². The molecule has 0 spiro atoms. The first-order valence-corrected chi connectivity index (χ1v) is 11.9. The van der Waals surface area contributed by atoms with Crippen molar-refractivity contribution in [3.63, 3.8) is 0 Å². The number of nitrogens with zero attached hydrogens (tertiary/aromatic N) is 3. The number of guanidine groups is 1. The zero-order valence-electron chi connectivity index (χ0n) is 20.2. The predicted octanol–water partition coefficient (Wildman–Crippen LogP) is 3.33. The van der Waals surface area contributed by atoms with Gasteiger partial charge in [-0.25, -0.2) is 4.99 Å². The molecular formula is C24H42IN5O2. The molecule has 1 aromatic carbocycles. The van der Waals surface area contributed by atoms with Crippen LogP contribution in [0, 0.1) is 0 Å². The maximum Gasteiger partial charge on any atom is 0.191 e. The topological polar surface area (TPSA) is 61.4 Å². The number of methoxy groups -OCH3 is 1. The van der Waals surface area contributed by atoms with E-state index in [1.54, 1.807) is 7.11 Å². The number of para-hydroxylation sites is 1. The minimum Gasteiger partial charge on any atom is -0.493 e. The Morgan fingerprint density at radius 2 is 1.88 bits per heavy atom. The fourth-order valence-corrected chi connectivity index (χ4v) is 4.30. The van der Waals surface area contributed by atoms with E-state index in [1.165, 1.54) is 12.8 Å². The van der Waals surface area contributed by atoms with Crippen LogP contribution in [-0.2, 0) is 6.54 Å². The van der Waals surface area contributed by atoms with Crippen molar-refractivity contribution in [1.82, 2.24) is 20.4 Å². The van der Waals surface area contributed by atoms with Crippen LogP contribution in [0.25, 0.3) is 0 Å². The molecule has 182 valence electrons. The van der Waals surface area contributed by atoms with E-state index in [0.717, 1.165) is 75.1 Å². The van der Waals surface area contributed by atoms with Crippen molar-refractivity contribution in [1.29, 1.82) is 0 Å². The standard InChI is InChI=1S/C24H41N5O2.HI/c1-5-25-24(26-17-19(2)29-15-13-28(3)14-16-29)27-18-20-9-8-12-22(30-4)23(20)31-21-10-6-7-11-21;/h8-9,12,19,21H,5-7,10-11,13-18H2,1-4H3,(H2,25,26,27);1H. The molecule has 1 aromatic rings. The first-order valence-electron chi connectivity index (χ1n) is 11.9. The van der Waals surface area contributed by atoms with E-state index < -0.39 is 0 Å². The summed E-state index contributed by atoms with van der Waals surface area (Å²) in [7, 11) is 3.90. The molecule has 0 aromatic heterocycles. The van der Waals surface area contributed by atoms with E-state index in [-0.39, 0.29) is 30.1 Å². The van der Waals surface area contributed by atoms with Crippen molar-refractivity contribution < 1.29 is 9.47 Å². The van der Waals surface area contributed by atoms with Crippen LogP contribution in [0.15, 0.2) is 23.2 Å². The molecule has 1 aliphatic heterocycles. The molecule has 1 aliphatic carbocycles. The highest BCUT2D eigenvalue weighted by Gasteiger charge is 2.21. The molecule has 0 amide bonds. The van der Waals surface area contributed by atoms with Crippen molar-refractivity contribution in [3.8, 4) is 11.5 Å². The summed E-state index contributed by atoms with van der Waals surface area (Å²) >= 11 is 0. The fourth-order valence-electron chi connectivity index (χ4n) is 4.30. The van der Waals surface area contributed by atoms with Crippen LogP contribution in [-0.4, -0.2) is 81.3 Å². The van der Waals surface area contributed by atoms with Crippen LogP contribution >= 0.6 is 24.0 Å². The van der Waals surface area contributed by atoms with Crippen molar-refractivity contribution >= 4 is 29.9 Å². The van der Waals surface area contributed by atoms with Gasteiger partial charge in [0.2, 0.25) is 0 Å². The average molecular weight is 560 g/mol. The van der Waals surface area contributed by atoms with Gasteiger partial charge in [0.05, 0.1) is 19.8 Å². The summed E-state index contributed by atoms with van der Waals surface area (Å²) in [5.41, 5.74) is 1.07. The number of aliphatic imine (C=N–C) groups is 1. The minimum absolute atomic E-state index is 0. The minimum atomic E-state index is 0. The van der Waals surface area contributed by atoms with Crippen molar-refractivity contribution in [2.45, 2.75) is 58.2 Å². The summed E-state index contributed by atoms with van der Waals surface area (Å²) in [6, 6.07) is 6.54. The zero-order chi connectivity index (χ0) is 22.1. The second kappa shape index (κ2) is 14.1. The van der Waals surface area contributed by atoms with Gasteiger partial charge in [-0.05, 0) is 52.6 Å². The molecule has 1 saturated carbocycles. The summed E-state index contributed by atoms with van der Waals surface area (Å²) in [5, 5.41) is 6.91. The molecule has 0 radical (unpaired) electrons. The number of ether oxygens (including phenoxy) is 2. The lowest BCUT2D eigenvalue weighted by Crippen LogP contribution is -2.52. The van der Waals surface area contributed by atoms with Crippen molar-refractivity contribution in [2.24, 2.45) is 4.99 Å². The lowest BCUT2D eigenvalue weighted by Gasteiger charge is -2.36. The SMILES string of the molecule is CCNC(=NCc1cccc(OC)c1OC1CCCC1)NCC(C)N1CCN(C)CC1.I. The lowest BCUT2D eigenvalue weighted by atomic mass is 10.1. The Morgan fingerprint density at radius 1 is 1.16 bits per heavy atom. The molecule has 0 bridgehead atoms. The summed E-state index contributed by atoms with van der Waals surface area (Å²) in [4.78, 5) is 9.79. The number of nitrogens with one attached hydrogen (secondary N) is 2. The Labute approximate surface area is 211 Å². The second-order valence-corrected chi connectivity index (χ2v) is 8.74. The van der Waals surface area contributed by atoms with Crippen LogP contribution in [0.1, 0.15) is 45.1 Å². The number of likely N-dealkylation sites (N-methyl/N-ethyl adjacent to an activating group) is 1. The Bertz CT molecular complexity index is 704. The van der Waals surface area contributed by atoms with Gasteiger partial charge in [-0.3, -0.25) is 4.90 Å². The molecule has 8 heteroatoms. The highest BCUT2D eigenvalue weighted by atomic mass is 127. The normalized spacial score (nSPS) is 19.3. The largest absolute Gasteiger partial charge is 0.493 e. The van der Waals surface area contributed by atoms with E-state index in [9.17, 15) is 0 Å². The maximum atomic E-state index is 6.36. The molecule has 2 aliphatic rings. The van der Waals surface area contributed by atoms with Crippen LogP contribution < -0.4 is 20.1 Å². The molecule has 1 saturated heterocycles. The maximum absolute atomic E-state index is 6.36. The molecule has 2 N–H and O–H groups in total. The Hall–Kier alpha value is -1.26. The first-order chi connectivity index (χ1) is 15.1. The predicted molar refractivity (Wildman–Crippen MR) is 143 cm³/mol. The quantitative estimate of drug-likeness (QED) is 0.275. The third kappa shape index (κ3) is 7.95.